The Bertz CT molecular complexity index is 1300. The zero-order valence-electron chi connectivity index (χ0n) is 21.2. The van der Waals surface area contributed by atoms with E-state index in [-0.39, 0.29) is 36.7 Å². The summed E-state index contributed by atoms with van der Waals surface area (Å²) in [5.41, 5.74) is 5.37. The van der Waals surface area contributed by atoms with E-state index in [1.165, 1.54) is 0 Å². The van der Waals surface area contributed by atoms with E-state index in [0.717, 1.165) is 66.1 Å². The van der Waals surface area contributed by atoms with E-state index in [0.29, 0.717) is 6.42 Å². The van der Waals surface area contributed by atoms with Gasteiger partial charge in [0, 0.05) is 23.2 Å². The van der Waals surface area contributed by atoms with E-state index >= 15 is 0 Å². The van der Waals surface area contributed by atoms with Crippen LogP contribution in [0.2, 0.25) is 0 Å². The maximum Gasteiger partial charge on any atom is 1.00 e. The summed E-state index contributed by atoms with van der Waals surface area (Å²) in [5.74, 6) is 0.787. The smallest absolute Gasteiger partial charge is 1.00 e. The van der Waals surface area contributed by atoms with Gasteiger partial charge < -0.3 is 5.99 Å². The van der Waals surface area contributed by atoms with Crippen LogP contribution in [0.25, 0.3) is 33.9 Å². The third-order valence-corrected chi connectivity index (χ3v) is 6.68. The molecule has 35 heavy (non-hydrogen) atoms. The second kappa shape index (κ2) is 13.2. The monoisotopic (exact) mass is 498 g/mol. The maximum atomic E-state index is 10.9. The molecule has 1 heterocycles. The van der Waals surface area contributed by atoms with Crippen LogP contribution in [-0.2, 0) is 16.7 Å². The fourth-order valence-electron chi connectivity index (χ4n) is 4.25. The Labute approximate surface area is 231 Å². The molecule has 0 bridgehead atoms. The Hall–Kier alpha value is -2.22. The van der Waals surface area contributed by atoms with Crippen LogP contribution in [0.4, 0.5) is 0 Å². The minimum atomic E-state index is -3.87. The molecule has 0 saturated carbocycles. The first-order valence-corrected chi connectivity index (χ1v) is 13.4. The number of benzene rings is 3. The molecule has 0 spiro atoms. The second-order valence-electron chi connectivity index (χ2n) is 8.44. The van der Waals surface area contributed by atoms with Gasteiger partial charge in [0.25, 0.3) is 10.1 Å². The summed E-state index contributed by atoms with van der Waals surface area (Å²) in [6, 6.07) is 31.0. The molecule has 4 aromatic rings. The summed E-state index contributed by atoms with van der Waals surface area (Å²) in [7, 11) is -3.87. The summed E-state index contributed by atoms with van der Waals surface area (Å²) in [4.78, 5) is 5.15. The molecule has 5 nitrogen and oxygen atoms in total. The van der Waals surface area contributed by atoms with Crippen LogP contribution in [0.15, 0.2) is 91.0 Å². The van der Waals surface area contributed by atoms with Crippen LogP contribution in [0.5, 0.6) is 0 Å². The van der Waals surface area contributed by atoms with Gasteiger partial charge in [-0.15, -0.1) is 0 Å². The van der Waals surface area contributed by atoms with Crippen molar-refractivity contribution < 1.29 is 44.0 Å². The molecule has 0 aliphatic rings. The molecule has 0 unspecified atom stereocenters. The van der Waals surface area contributed by atoms with Gasteiger partial charge in [-0.3, -0.25) is 4.55 Å². The number of hydrogen-bond acceptors (Lipinski definition) is 3. The number of imidazole rings is 1. The van der Waals surface area contributed by atoms with Gasteiger partial charge >= 0.3 is 29.6 Å². The normalized spacial score (nSPS) is 11.2. The molecule has 1 N–H and O–H groups in total. The van der Waals surface area contributed by atoms with Gasteiger partial charge in [0.05, 0.1) is 17.1 Å². The van der Waals surface area contributed by atoms with Crippen molar-refractivity contribution in [1.29, 1.82) is 0 Å². The molecule has 0 atom stereocenters. The van der Waals surface area contributed by atoms with E-state index in [2.05, 4.69) is 53.1 Å². The molecule has 0 aliphatic heterocycles. The Balaban J connectivity index is 0.00000228. The van der Waals surface area contributed by atoms with Gasteiger partial charge in [-0.25, -0.2) is 4.98 Å². The molecule has 0 aliphatic carbocycles. The Kier molecular flexibility index (Phi) is 10.3. The van der Waals surface area contributed by atoms with E-state index in [1.807, 2.05) is 42.5 Å². The Morgan fingerprint density at radius 1 is 0.686 bits per heavy atom. The number of rotatable bonds is 11. The summed E-state index contributed by atoms with van der Waals surface area (Å²) in [6.07, 6.45) is 4.14. The van der Waals surface area contributed by atoms with E-state index in [9.17, 15) is 8.42 Å². The fraction of sp³-hybridized carbons (Fsp3) is 0.250. The van der Waals surface area contributed by atoms with Crippen LogP contribution in [-0.4, -0.2) is 28.3 Å². The molecule has 0 fully saturated rings. The summed E-state index contributed by atoms with van der Waals surface area (Å²) < 4.78 is 33.1. The van der Waals surface area contributed by atoms with Gasteiger partial charge in [0.2, 0.25) is 0 Å². The summed E-state index contributed by atoms with van der Waals surface area (Å²) in [6.45, 7) is 0.812. The first-order valence-electron chi connectivity index (χ1n) is 11.7. The average Bonchev–Trinajstić information content (AvgIpc) is 3.24. The summed E-state index contributed by atoms with van der Waals surface area (Å²) in [5, 5.41) is 0. The standard InChI is InChI=1S/C28H30N2O3S.Na.H/c31-34(32,33)22-14-3-1-2-13-21-30-27(24-17-9-5-10-18-24)26(23-15-7-4-8-16-23)29-28(30)25-19-11-6-12-20-25;;/h4-12,15-20H,1-3,13-14,21-22H2,(H,31,32,33);;/q;+1;-1. The molecule has 0 amide bonds. The first-order chi connectivity index (χ1) is 16.5. The molecular formula is C28H31N2NaO3S. The molecular weight excluding hydrogens is 467 g/mol. The average molecular weight is 499 g/mol. The van der Waals surface area contributed by atoms with Crippen molar-refractivity contribution in [3.05, 3.63) is 91.0 Å². The number of nitrogens with zero attached hydrogens (tertiary/aromatic N) is 2. The van der Waals surface area contributed by atoms with E-state index in [1.54, 1.807) is 0 Å². The van der Waals surface area contributed by atoms with Crippen molar-refractivity contribution in [3.63, 3.8) is 0 Å². The van der Waals surface area contributed by atoms with Crippen LogP contribution >= 0.6 is 0 Å². The third kappa shape index (κ3) is 7.63. The quantitative estimate of drug-likeness (QED) is 0.194. The van der Waals surface area contributed by atoms with Crippen molar-refractivity contribution in [2.45, 2.75) is 38.6 Å². The molecule has 4 rings (SSSR count). The Morgan fingerprint density at radius 2 is 1.17 bits per heavy atom. The zero-order valence-corrected chi connectivity index (χ0v) is 23.0. The van der Waals surface area contributed by atoms with Crippen LogP contribution in [0.3, 0.4) is 0 Å². The predicted octanol–water partition coefficient (Wildman–Crippen LogP) is 3.84. The molecule has 1 aromatic heterocycles. The van der Waals surface area contributed by atoms with Crippen molar-refractivity contribution in [2.75, 3.05) is 5.75 Å². The Morgan fingerprint density at radius 3 is 1.74 bits per heavy atom. The van der Waals surface area contributed by atoms with Crippen LogP contribution < -0.4 is 29.6 Å². The topological polar surface area (TPSA) is 72.2 Å². The van der Waals surface area contributed by atoms with Crippen molar-refractivity contribution in [2.24, 2.45) is 0 Å². The van der Waals surface area contributed by atoms with Crippen molar-refractivity contribution in [1.82, 2.24) is 9.55 Å². The van der Waals surface area contributed by atoms with Crippen LogP contribution in [0.1, 0.15) is 33.5 Å². The molecule has 178 valence electrons. The first kappa shape index (κ1) is 27.4. The maximum absolute atomic E-state index is 10.9. The SMILES string of the molecule is O=S(=O)(O)CCCCCCCn1c(-c2ccccc2)nc(-c2ccccc2)c1-c1ccccc1.[H-].[Na+]. The van der Waals surface area contributed by atoms with Crippen LogP contribution in [0, 0.1) is 0 Å². The van der Waals surface area contributed by atoms with Gasteiger partial charge in [-0.05, 0) is 12.8 Å². The van der Waals surface area contributed by atoms with E-state index in [4.69, 9.17) is 9.54 Å². The zero-order chi connectivity index (χ0) is 23.8. The number of hydrogen-bond donors (Lipinski definition) is 1. The molecule has 0 saturated heterocycles. The fourth-order valence-corrected chi connectivity index (χ4v) is 4.82. The minimum absolute atomic E-state index is 0. The minimum Gasteiger partial charge on any atom is -1.00 e. The van der Waals surface area contributed by atoms with Gasteiger partial charge in [0.15, 0.2) is 0 Å². The van der Waals surface area contributed by atoms with Gasteiger partial charge in [0.1, 0.15) is 5.82 Å². The predicted molar refractivity (Wildman–Crippen MR) is 139 cm³/mol. The molecule has 7 heteroatoms. The van der Waals surface area contributed by atoms with Crippen molar-refractivity contribution in [3.8, 4) is 33.9 Å². The van der Waals surface area contributed by atoms with Gasteiger partial charge in [-0.2, -0.15) is 8.42 Å². The van der Waals surface area contributed by atoms with Crippen molar-refractivity contribution >= 4 is 10.1 Å². The van der Waals surface area contributed by atoms with E-state index < -0.39 is 10.1 Å². The third-order valence-electron chi connectivity index (χ3n) is 5.88. The number of unbranched alkanes of at least 4 members (excludes halogenated alkanes) is 4. The number of aromatic nitrogens is 2. The second-order valence-corrected chi connectivity index (χ2v) is 10.0. The molecule has 0 radical (unpaired) electrons. The largest absolute Gasteiger partial charge is 1.00 e. The molecule has 3 aromatic carbocycles. The summed E-state index contributed by atoms with van der Waals surface area (Å²) >= 11 is 0. The van der Waals surface area contributed by atoms with Gasteiger partial charge in [-0.1, -0.05) is 110 Å².